The van der Waals surface area contributed by atoms with Crippen LogP contribution in [0.3, 0.4) is 0 Å². The minimum absolute atomic E-state index is 0.775. The molecule has 1 aliphatic carbocycles. The van der Waals surface area contributed by atoms with Gasteiger partial charge in [0.05, 0.1) is 0 Å². The van der Waals surface area contributed by atoms with Gasteiger partial charge >= 0.3 is 137 Å². The second-order valence-electron chi connectivity index (χ2n) is 6.26. The van der Waals surface area contributed by atoms with Gasteiger partial charge in [0.1, 0.15) is 0 Å². The van der Waals surface area contributed by atoms with Gasteiger partial charge in [0.2, 0.25) is 0 Å². The molecule has 1 atom stereocenters. The molecule has 1 unspecified atom stereocenters. The topological polar surface area (TPSA) is 0 Å². The van der Waals surface area contributed by atoms with Gasteiger partial charge in [-0.15, -0.1) is 0 Å². The van der Waals surface area contributed by atoms with Crippen LogP contribution in [-0.2, 0) is 28.2 Å². The number of fused-ring (bicyclic) bond motifs is 1. The van der Waals surface area contributed by atoms with Gasteiger partial charge in [-0.2, -0.15) is 0 Å². The first-order chi connectivity index (χ1) is 10.1. The summed E-state index contributed by atoms with van der Waals surface area (Å²) < 4.78 is 5.81. The second-order valence-corrected chi connectivity index (χ2v) is 13.0. The van der Waals surface area contributed by atoms with Gasteiger partial charge < -0.3 is 0 Å². The molecule has 0 saturated heterocycles. The minimum atomic E-state index is -1.28. The molecule has 0 saturated carbocycles. The van der Waals surface area contributed by atoms with Gasteiger partial charge in [0.15, 0.2) is 0 Å². The van der Waals surface area contributed by atoms with E-state index in [1.54, 1.807) is 11.1 Å². The van der Waals surface area contributed by atoms with Crippen molar-refractivity contribution < 1.29 is 21.8 Å². The van der Waals surface area contributed by atoms with Crippen molar-refractivity contribution in [3.63, 3.8) is 0 Å². The molecular formula is C20H23Zr. The molecular weight excluding hydrogens is 331 g/mol. The zero-order valence-electron chi connectivity index (χ0n) is 13.4. The van der Waals surface area contributed by atoms with Gasteiger partial charge in [-0.1, -0.05) is 0 Å². The van der Waals surface area contributed by atoms with E-state index in [-0.39, 0.29) is 0 Å². The Morgan fingerprint density at radius 3 is 2.33 bits per heavy atom. The summed E-state index contributed by atoms with van der Waals surface area (Å²) in [5, 5.41) is 0. The number of benzene rings is 2. The van der Waals surface area contributed by atoms with Crippen molar-refractivity contribution in [2.45, 2.75) is 33.2 Å². The van der Waals surface area contributed by atoms with Crippen molar-refractivity contribution in [1.29, 1.82) is 0 Å². The number of rotatable bonds is 3. The standard InChI is InChI=1S/C18H17.2CH3.Zr/c1-3-14-7-9-15(10-8-14)17-6-4-5-16-11-13(2)12-18(16)17;;;/h4-12H,3H2,1-2H3;2*1H3;. The monoisotopic (exact) mass is 353 g/mol. The Kier molecular flexibility index (Phi) is 4.32. The molecule has 0 nitrogen and oxygen atoms in total. The Hall–Kier alpha value is -0.937. The summed E-state index contributed by atoms with van der Waals surface area (Å²) in [6, 6.07) is 16.0. The quantitative estimate of drug-likeness (QED) is 0.626. The molecule has 0 heterocycles. The van der Waals surface area contributed by atoms with Crippen LogP contribution in [0.25, 0.3) is 17.2 Å². The van der Waals surface area contributed by atoms with Crippen LogP contribution < -0.4 is 0 Å². The summed E-state index contributed by atoms with van der Waals surface area (Å²) in [6.45, 7) is 4.53. The molecule has 0 amide bonds. The Morgan fingerprint density at radius 1 is 1.00 bits per heavy atom. The van der Waals surface area contributed by atoms with E-state index in [0.717, 1.165) is 10.0 Å². The first-order valence-electron chi connectivity index (χ1n) is 7.82. The zero-order valence-corrected chi connectivity index (χ0v) is 15.9. The van der Waals surface area contributed by atoms with E-state index in [2.05, 4.69) is 71.7 Å². The molecule has 21 heavy (non-hydrogen) atoms. The normalized spacial score (nSPS) is 16.6. The van der Waals surface area contributed by atoms with Gasteiger partial charge in [-0.05, 0) is 0 Å². The predicted molar refractivity (Wildman–Crippen MR) is 89.4 cm³/mol. The Morgan fingerprint density at radius 2 is 1.71 bits per heavy atom. The molecule has 107 valence electrons. The van der Waals surface area contributed by atoms with Crippen LogP contribution in [0.1, 0.15) is 34.2 Å². The molecule has 0 fully saturated rings. The Bertz CT molecular complexity index is 677. The van der Waals surface area contributed by atoms with E-state index in [0.29, 0.717) is 0 Å². The average Bonchev–Trinajstić information content (AvgIpc) is 2.83. The van der Waals surface area contributed by atoms with Crippen LogP contribution in [-0.4, -0.2) is 0 Å². The first kappa shape index (κ1) is 15.0. The summed E-state index contributed by atoms with van der Waals surface area (Å²) in [5.74, 6) is 0. The van der Waals surface area contributed by atoms with E-state index >= 15 is 0 Å². The van der Waals surface area contributed by atoms with Crippen molar-refractivity contribution in [2.24, 2.45) is 0 Å². The molecule has 0 aromatic heterocycles. The molecule has 2 aromatic carbocycles. The van der Waals surface area contributed by atoms with Crippen molar-refractivity contribution in [3.8, 4) is 11.1 Å². The fraction of sp³-hybridized carbons (Fsp3) is 0.300. The van der Waals surface area contributed by atoms with Crippen molar-refractivity contribution in [3.05, 3.63) is 64.7 Å². The molecule has 0 radical (unpaired) electrons. The van der Waals surface area contributed by atoms with E-state index in [1.165, 1.54) is 22.3 Å². The molecule has 0 N–H and O–H groups in total. The Balaban J connectivity index is 2.10. The van der Waals surface area contributed by atoms with E-state index in [4.69, 9.17) is 0 Å². The van der Waals surface area contributed by atoms with Gasteiger partial charge in [-0.3, -0.25) is 0 Å². The Labute approximate surface area is 136 Å². The van der Waals surface area contributed by atoms with Crippen LogP contribution in [0.5, 0.6) is 0 Å². The number of aryl methyl sites for hydroxylation is 1. The van der Waals surface area contributed by atoms with Gasteiger partial charge in [0.25, 0.3) is 0 Å². The van der Waals surface area contributed by atoms with Crippen molar-refractivity contribution >= 4 is 6.08 Å². The van der Waals surface area contributed by atoms with Crippen LogP contribution in [0, 0.1) is 0 Å². The molecule has 3 rings (SSSR count). The summed E-state index contributed by atoms with van der Waals surface area (Å²) >= 11 is -1.28. The summed E-state index contributed by atoms with van der Waals surface area (Å²) in [5.41, 5.74) is 8.82. The van der Waals surface area contributed by atoms with Crippen molar-refractivity contribution in [2.75, 3.05) is 0 Å². The number of allylic oxidation sites excluding steroid dienone is 1. The van der Waals surface area contributed by atoms with E-state index in [9.17, 15) is 0 Å². The predicted octanol–water partition coefficient (Wildman–Crippen LogP) is 6.09. The molecule has 2 aromatic rings. The molecule has 0 bridgehead atoms. The van der Waals surface area contributed by atoms with Gasteiger partial charge in [-0.25, -0.2) is 0 Å². The molecule has 1 aliphatic rings. The van der Waals surface area contributed by atoms with Crippen LogP contribution in [0.15, 0.2) is 48.0 Å². The maximum atomic E-state index is 2.52. The number of hydrogen-bond donors (Lipinski definition) is 0. The molecule has 0 spiro atoms. The van der Waals surface area contributed by atoms with Crippen molar-refractivity contribution in [1.82, 2.24) is 0 Å². The van der Waals surface area contributed by atoms with Crippen LogP contribution in [0.2, 0.25) is 9.26 Å². The van der Waals surface area contributed by atoms with Crippen LogP contribution in [0.4, 0.5) is 0 Å². The fourth-order valence-electron chi connectivity index (χ4n) is 3.49. The van der Waals surface area contributed by atoms with E-state index in [1.807, 2.05) is 0 Å². The molecule has 0 aliphatic heterocycles. The second kappa shape index (κ2) is 6.05. The molecule has 1 heteroatoms. The fourth-order valence-corrected chi connectivity index (χ4v) is 8.08. The third-order valence-electron chi connectivity index (χ3n) is 4.53. The summed E-state index contributed by atoms with van der Waals surface area (Å²) in [4.78, 5) is 0. The van der Waals surface area contributed by atoms with Gasteiger partial charge in [0, 0.05) is 0 Å². The SMILES string of the molecule is CCc1ccc(-c2cccc3c2C=C(C)[CH]3[Zr]([CH3])[CH3])cc1. The summed E-state index contributed by atoms with van der Waals surface area (Å²) in [6.07, 6.45) is 3.55. The zero-order chi connectivity index (χ0) is 15.0. The van der Waals surface area contributed by atoms with E-state index < -0.39 is 21.8 Å². The number of hydrogen-bond acceptors (Lipinski definition) is 0. The summed E-state index contributed by atoms with van der Waals surface area (Å²) in [7, 11) is 0. The average molecular weight is 355 g/mol. The third kappa shape index (κ3) is 2.73. The van der Waals surface area contributed by atoms with Crippen LogP contribution >= 0.6 is 0 Å². The first-order valence-corrected chi connectivity index (χ1v) is 14.2. The third-order valence-corrected chi connectivity index (χ3v) is 9.25. The maximum absolute atomic E-state index is 2.52.